The first-order valence-corrected chi connectivity index (χ1v) is 7.83. The molecular weight excluding hydrogens is 264 g/mol. The molecule has 2 rings (SSSR count). The molecule has 6 heteroatoms. The molecular formula is C15H28N6. The molecule has 1 fully saturated rings. The first-order chi connectivity index (χ1) is 9.90. The Bertz CT molecular complexity index is 465. The van der Waals surface area contributed by atoms with Gasteiger partial charge in [0.25, 0.3) is 0 Å². The fourth-order valence-electron chi connectivity index (χ4n) is 3.37. The van der Waals surface area contributed by atoms with Crippen molar-refractivity contribution in [2.75, 3.05) is 36.6 Å². The summed E-state index contributed by atoms with van der Waals surface area (Å²) in [7, 11) is 3.80. The lowest BCUT2D eigenvalue weighted by Gasteiger charge is -2.31. The summed E-state index contributed by atoms with van der Waals surface area (Å²) in [6.07, 6.45) is 6.49. The molecule has 1 aliphatic rings. The minimum Gasteiger partial charge on any atom is -0.368 e. The summed E-state index contributed by atoms with van der Waals surface area (Å²) >= 11 is 0. The fourth-order valence-corrected chi connectivity index (χ4v) is 3.37. The van der Waals surface area contributed by atoms with Gasteiger partial charge in [0.1, 0.15) is 0 Å². The lowest BCUT2D eigenvalue weighted by molar-refractivity contribution is 0.252. The van der Waals surface area contributed by atoms with Gasteiger partial charge in [-0.3, -0.25) is 0 Å². The Kier molecular flexibility index (Phi) is 4.85. The van der Waals surface area contributed by atoms with Crippen LogP contribution in [0.3, 0.4) is 0 Å². The number of nitrogen functional groups attached to an aromatic ring is 1. The molecule has 1 saturated carbocycles. The van der Waals surface area contributed by atoms with E-state index in [1.807, 2.05) is 19.0 Å². The Balaban J connectivity index is 2.07. The minimum absolute atomic E-state index is 0.264. The van der Waals surface area contributed by atoms with E-state index in [2.05, 4.69) is 34.1 Å². The maximum atomic E-state index is 5.77. The molecule has 3 N–H and O–H groups in total. The normalized spacial score (nSPS) is 17.2. The zero-order valence-electron chi connectivity index (χ0n) is 13.7. The van der Waals surface area contributed by atoms with Gasteiger partial charge in [0.15, 0.2) is 0 Å². The lowest BCUT2D eigenvalue weighted by atomic mass is 9.78. The van der Waals surface area contributed by atoms with Gasteiger partial charge >= 0.3 is 0 Å². The number of aromatic nitrogens is 3. The van der Waals surface area contributed by atoms with E-state index in [9.17, 15) is 0 Å². The van der Waals surface area contributed by atoms with E-state index in [0.29, 0.717) is 23.2 Å². The van der Waals surface area contributed by atoms with Crippen molar-refractivity contribution in [3.63, 3.8) is 0 Å². The maximum Gasteiger partial charge on any atom is 0.231 e. The second kappa shape index (κ2) is 6.45. The molecule has 0 aliphatic heterocycles. The van der Waals surface area contributed by atoms with Crippen molar-refractivity contribution in [2.24, 2.45) is 11.3 Å². The SMILES string of the molecule is CC(C)CC1(CNc2nc(N)nc(N(C)C)n2)CCCC1. The van der Waals surface area contributed by atoms with E-state index < -0.39 is 0 Å². The highest BCUT2D eigenvalue weighted by molar-refractivity contribution is 5.40. The Morgan fingerprint density at radius 1 is 1.19 bits per heavy atom. The average Bonchev–Trinajstić information content (AvgIpc) is 2.84. The predicted octanol–water partition coefficient (Wildman–Crippen LogP) is 2.54. The van der Waals surface area contributed by atoms with E-state index in [4.69, 9.17) is 5.73 Å². The molecule has 0 amide bonds. The van der Waals surface area contributed by atoms with Crippen LogP contribution in [0.4, 0.5) is 17.8 Å². The second-order valence-corrected chi connectivity index (χ2v) is 6.87. The molecule has 1 aliphatic carbocycles. The molecule has 1 aromatic heterocycles. The predicted molar refractivity (Wildman–Crippen MR) is 87.4 cm³/mol. The van der Waals surface area contributed by atoms with E-state index in [1.165, 1.54) is 32.1 Å². The van der Waals surface area contributed by atoms with Crippen molar-refractivity contribution >= 4 is 17.8 Å². The van der Waals surface area contributed by atoms with Crippen LogP contribution in [-0.2, 0) is 0 Å². The molecule has 0 radical (unpaired) electrons. The summed E-state index contributed by atoms with van der Waals surface area (Å²) in [4.78, 5) is 14.6. The Morgan fingerprint density at radius 3 is 2.43 bits per heavy atom. The molecule has 0 aromatic carbocycles. The van der Waals surface area contributed by atoms with Gasteiger partial charge in [-0.2, -0.15) is 15.0 Å². The van der Waals surface area contributed by atoms with Crippen LogP contribution < -0.4 is 16.0 Å². The molecule has 6 nitrogen and oxygen atoms in total. The Hall–Kier alpha value is -1.59. The highest BCUT2D eigenvalue weighted by atomic mass is 15.3. The zero-order chi connectivity index (χ0) is 15.5. The molecule has 118 valence electrons. The van der Waals surface area contributed by atoms with Crippen LogP contribution >= 0.6 is 0 Å². The summed E-state index contributed by atoms with van der Waals surface area (Å²) in [6, 6.07) is 0. The largest absolute Gasteiger partial charge is 0.368 e. The molecule has 1 aromatic rings. The molecule has 0 atom stereocenters. The number of nitrogens with two attached hydrogens (primary N) is 1. The first kappa shape index (κ1) is 15.8. The van der Waals surface area contributed by atoms with Crippen LogP contribution in [0.2, 0.25) is 0 Å². The fraction of sp³-hybridized carbons (Fsp3) is 0.800. The number of hydrogen-bond donors (Lipinski definition) is 2. The summed E-state index contributed by atoms with van der Waals surface area (Å²) in [5.41, 5.74) is 6.15. The highest BCUT2D eigenvalue weighted by Gasteiger charge is 2.34. The van der Waals surface area contributed by atoms with Gasteiger partial charge < -0.3 is 16.0 Å². The van der Waals surface area contributed by atoms with E-state index in [0.717, 1.165) is 6.54 Å². The van der Waals surface area contributed by atoms with Crippen LogP contribution in [0.15, 0.2) is 0 Å². The lowest BCUT2D eigenvalue weighted by Crippen LogP contribution is -2.29. The van der Waals surface area contributed by atoms with Crippen molar-refractivity contribution in [1.29, 1.82) is 0 Å². The molecule has 0 unspecified atom stereocenters. The third-order valence-corrected chi connectivity index (χ3v) is 4.17. The number of hydrogen-bond acceptors (Lipinski definition) is 6. The Labute approximate surface area is 127 Å². The van der Waals surface area contributed by atoms with Crippen LogP contribution in [0.25, 0.3) is 0 Å². The minimum atomic E-state index is 0.264. The average molecular weight is 292 g/mol. The second-order valence-electron chi connectivity index (χ2n) is 6.87. The molecule has 0 saturated heterocycles. The topological polar surface area (TPSA) is 80.0 Å². The van der Waals surface area contributed by atoms with E-state index in [1.54, 1.807) is 0 Å². The van der Waals surface area contributed by atoms with Gasteiger partial charge in [0, 0.05) is 20.6 Å². The Morgan fingerprint density at radius 2 is 1.86 bits per heavy atom. The molecule has 0 bridgehead atoms. The van der Waals surface area contributed by atoms with Crippen molar-refractivity contribution in [2.45, 2.75) is 46.0 Å². The van der Waals surface area contributed by atoms with Crippen molar-refractivity contribution in [3.8, 4) is 0 Å². The molecule has 21 heavy (non-hydrogen) atoms. The van der Waals surface area contributed by atoms with E-state index >= 15 is 0 Å². The van der Waals surface area contributed by atoms with Crippen LogP contribution in [0.5, 0.6) is 0 Å². The quantitative estimate of drug-likeness (QED) is 0.838. The first-order valence-electron chi connectivity index (χ1n) is 7.83. The summed E-state index contributed by atoms with van der Waals surface area (Å²) in [5.74, 6) is 2.15. The summed E-state index contributed by atoms with van der Waals surface area (Å²) < 4.78 is 0. The third kappa shape index (κ3) is 4.19. The monoisotopic (exact) mass is 292 g/mol. The molecule has 1 heterocycles. The van der Waals surface area contributed by atoms with Crippen molar-refractivity contribution in [1.82, 2.24) is 15.0 Å². The van der Waals surface area contributed by atoms with Gasteiger partial charge in [-0.1, -0.05) is 26.7 Å². The van der Waals surface area contributed by atoms with Gasteiger partial charge in [-0.05, 0) is 30.6 Å². The van der Waals surface area contributed by atoms with Gasteiger partial charge in [-0.25, -0.2) is 0 Å². The number of rotatable bonds is 6. The smallest absolute Gasteiger partial charge is 0.231 e. The van der Waals surface area contributed by atoms with Crippen LogP contribution in [0.1, 0.15) is 46.0 Å². The summed E-state index contributed by atoms with van der Waals surface area (Å²) in [5, 5.41) is 3.40. The van der Waals surface area contributed by atoms with Crippen molar-refractivity contribution in [3.05, 3.63) is 0 Å². The van der Waals surface area contributed by atoms with Gasteiger partial charge in [-0.15, -0.1) is 0 Å². The van der Waals surface area contributed by atoms with E-state index in [-0.39, 0.29) is 5.95 Å². The standard InChI is InChI=1S/C15H28N6/c1-11(2)9-15(7-5-6-8-15)10-17-13-18-12(16)19-14(20-13)21(3)4/h11H,5-10H2,1-4H3,(H3,16,17,18,19,20). The summed E-state index contributed by atoms with van der Waals surface area (Å²) in [6.45, 7) is 5.51. The van der Waals surface area contributed by atoms with Crippen LogP contribution in [0, 0.1) is 11.3 Å². The van der Waals surface area contributed by atoms with Crippen LogP contribution in [-0.4, -0.2) is 35.6 Å². The van der Waals surface area contributed by atoms with Crippen molar-refractivity contribution < 1.29 is 0 Å². The number of nitrogens with one attached hydrogen (secondary N) is 1. The number of anilines is 3. The molecule has 0 spiro atoms. The van der Waals surface area contributed by atoms with Gasteiger partial charge in [0.05, 0.1) is 0 Å². The van der Waals surface area contributed by atoms with Gasteiger partial charge in [0.2, 0.25) is 17.8 Å². The highest BCUT2D eigenvalue weighted by Crippen LogP contribution is 2.43. The maximum absolute atomic E-state index is 5.77. The zero-order valence-corrected chi connectivity index (χ0v) is 13.7. The third-order valence-electron chi connectivity index (χ3n) is 4.17. The number of nitrogens with zero attached hydrogens (tertiary/aromatic N) is 4.